The van der Waals surface area contributed by atoms with Gasteiger partial charge < -0.3 is 14.8 Å². The quantitative estimate of drug-likeness (QED) is 0.651. The van der Waals surface area contributed by atoms with Crippen molar-refractivity contribution in [1.29, 1.82) is 0 Å². The lowest BCUT2D eigenvalue weighted by atomic mass is 9.97. The number of H-pyrrole nitrogens is 1. The molecular formula is C26H31N5O. The summed E-state index contributed by atoms with van der Waals surface area (Å²) in [6, 6.07) is 14.3. The number of hydrogen-bond donors (Lipinski definition) is 1. The van der Waals surface area contributed by atoms with Crippen LogP contribution in [0.4, 0.5) is 5.82 Å². The Hall–Kier alpha value is -3.15. The Morgan fingerprint density at radius 3 is 2.59 bits per heavy atom. The number of rotatable bonds is 4. The predicted molar refractivity (Wildman–Crippen MR) is 127 cm³/mol. The van der Waals surface area contributed by atoms with Crippen LogP contribution >= 0.6 is 0 Å². The van der Waals surface area contributed by atoms with E-state index in [2.05, 4.69) is 38.9 Å². The number of anilines is 1. The van der Waals surface area contributed by atoms with Gasteiger partial charge in [0.1, 0.15) is 11.6 Å². The number of benzene rings is 1. The topological polar surface area (TPSA) is 65.1 Å². The third-order valence-corrected chi connectivity index (χ3v) is 6.75. The Morgan fingerprint density at radius 2 is 1.81 bits per heavy atom. The van der Waals surface area contributed by atoms with Crippen molar-refractivity contribution in [3.05, 3.63) is 66.2 Å². The van der Waals surface area contributed by atoms with Crippen molar-refractivity contribution in [1.82, 2.24) is 19.9 Å². The van der Waals surface area contributed by atoms with E-state index in [4.69, 9.17) is 0 Å². The lowest BCUT2D eigenvalue weighted by Gasteiger charge is -2.33. The van der Waals surface area contributed by atoms with Crippen molar-refractivity contribution in [3.8, 4) is 11.3 Å². The Balaban J connectivity index is 1.26. The van der Waals surface area contributed by atoms with Crippen molar-refractivity contribution in [3.63, 3.8) is 0 Å². The van der Waals surface area contributed by atoms with Gasteiger partial charge in [-0.15, -0.1) is 0 Å². The second-order valence-corrected chi connectivity index (χ2v) is 9.24. The molecule has 4 heterocycles. The number of imidazole rings is 1. The van der Waals surface area contributed by atoms with E-state index in [0.29, 0.717) is 17.4 Å². The fourth-order valence-corrected chi connectivity index (χ4v) is 4.97. The maximum absolute atomic E-state index is 12.8. The maximum atomic E-state index is 12.8. The molecule has 32 heavy (non-hydrogen) atoms. The van der Waals surface area contributed by atoms with Gasteiger partial charge in [0.15, 0.2) is 0 Å². The highest BCUT2D eigenvalue weighted by Crippen LogP contribution is 2.29. The Morgan fingerprint density at radius 1 is 0.969 bits per heavy atom. The monoisotopic (exact) mass is 429 g/mol. The van der Waals surface area contributed by atoms with E-state index >= 15 is 0 Å². The van der Waals surface area contributed by atoms with Crippen LogP contribution in [-0.2, 0) is 0 Å². The number of hydrogen-bond acceptors (Lipinski definition) is 4. The van der Waals surface area contributed by atoms with Gasteiger partial charge in [-0.1, -0.05) is 37.3 Å². The second-order valence-electron chi connectivity index (χ2n) is 9.24. The molecule has 166 valence electrons. The van der Waals surface area contributed by atoms with E-state index in [1.807, 2.05) is 41.4 Å². The highest BCUT2D eigenvalue weighted by atomic mass is 16.2. The van der Waals surface area contributed by atoms with Crippen molar-refractivity contribution >= 4 is 11.7 Å². The number of amides is 1. The van der Waals surface area contributed by atoms with Gasteiger partial charge in [-0.2, -0.15) is 0 Å². The summed E-state index contributed by atoms with van der Waals surface area (Å²) in [5.41, 5.74) is 2.91. The average molecular weight is 430 g/mol. The van der Waals surface area contributed by atoms with Gasteiger partial charge in [0.25, 0.3) is 5.91 Å². The number of likely N-dealkylation sites (tertiary alicyclic amines) is 1. The number of aromatic nitrogens is 3. The molecule has 0 bridgehead atoms. The maximum Gasteiger partial charge on any atom is 0.255 e. The molecule has 5 rings (SSSR count). The van der Waals surface area contributed by atoms with Gasteiger partial charge in [0, 0.05) is 38.3 Å². The van der Waals surface area contributed by atoms with Crippen molar-refractivity contribution in [2.75, 3.05) is 31.1 Å². The number of carbonyl (C=O) groups excluding carboxylic acids is 1. The van der Waals surface area contributed by atoms with E-state index in [-0.39, 0.29) is 5.91 Å². The highest BCUT2D eigenvalue weighted by molar-refractivity contribution is 5.94. The summed E-state index contributed by atoms with van der Waals surface area (Å²) < 4.78 is 0. The van der Waals surface area contributed by atoms with Gasteiger partial charge in [-0.05, 0) is 49.3 Å². The van der Waals surface area contributed by atoms with Crippen LogP contribution in [0.2, 0.25) is 0 Å². The lowest BCUT2D eigenvalue weighted by molar-refractivity contribution is 0.0682. The third-order valence-electron chi connectivity index (χ3n) is 6.75. The van der Waals surface area contributed by atoms with E-state index in [0.717, 1.165) is 68.3 Å². The summed E-state index contributed by atoms with van der Waals surface area (Å²) in [5.74, 6) is 3.01. The molecule has 0 saturated carbocycles. The van der Waals surface area contributed by atoms with Crippen molar-refractivity contribution in [2.24, 2.45) is 5.92 Å². The molecule has 1 N–H and O–H groups in total. The molecule has 2 unspecified atom stereocenters. The van der Waals surface area contributed by atoms with Crippen LogP contribution in [0.3, 0.4) is 0 Å². The van der Waals surface area contributed by atoms with Crippen LogP contribution in [0.1, 0.15) is 54.7 Å². The molecule has 2 fully saturated rings. The van der Waals surface area contributed by atoms with Crippen LogP contribution in [0, 0.1) is 5.92 Å². The molecule has 2 aliphatic rings. The first-order valence-corrected chi connectivity index (χ1v) is 11.8. The number of carbonyl (C=O) groups is 1. The van der Waals surface area contributed by atoms with E-state index in [1.54, 1.807) is 6.20 Å². The van der Waals surface area contributed by atoms with Gasteiger partial charge >= 0.3 is 0 Å². The van der Waals surface area contributed by atoms with Crippen LogP contribution in [0.25, 0.3) is 11.3 Å². The number of nitrogens with zero attached hydrogens (tertiary/aromatic N) is 4. The zero-order valence-electron chi connectivity index (χ0n) is 18.7. The lowest BCUT2D eigenvalue weighted by Crippen LogP contribution is -2.39. The van der Waals surface area contributed by atoms with E-state index in [9.17, 15) is 4.79 Å². The van der Waals surface area contributed by atoms with E-state index < -0.39 is 0 Å². The molecule has 0 aliphatic carbocycles. The minimum Gasteiger partial charge on any atom is -0.356 e. The van der Waals surface area contributed by atoms with Gasteiger partial charge in [-0.3, -0.25) is 4.79 Å². The zero-order chi connectivity index (χ0) is 21.9. The summed E-state index contributed by atoms with van der Waals surface area (Å²) in [6.45, 7) is 5.78. The number of nitrogens with one attached hydrogen (secondary N) is 1. The minimum atomic E-state index is 0.108. The molecule has 2 saturated heterocycles. The average Bonchev–Trinajstić information content (AvgIpc) is 3.35. The predicted octanol–water partition coefficient (Wildman–Crippen LogP) is 4.73. The first-order valence-electron chi connectivity index (χ1n) is 11.8. The molecule has 2 atom stereocenters. The smallest absolute Gasteiger partial charge is 0.255 e. The third kappa shape index (κ3) is 4.40. The molecular weight excluding hydrogens is 398 g/mol. The largest absolute Gasteiger partial charge is 0.356 e. The molecule has 2 aromatic heterocycles. The van der Waals surface area contributed by atoms with Crippen molar-refractivity contribution < 1.29 is 4.79 Å². The number of aromatic amines is 1. The van der Waals surface area contributed by atoms with Crippen LogP contribution in [0.5, 0.6) is 0 Å². The minimum absolute atomic E-state index is 0.108. The molecule has 0 spiro atoms. The Labute approximate surface area is 189 Å². The highest BCUT2D eigenvalue weighted by Gasteiger charge is 2.26. The first-order chi connectivity index (χ1) is 15.7. The molecule has 2 aliphatic heterocycles. The standard InChI is InChI=1S/C26H31N5O/c1-19-7-5-14-31(17-19)26(32)21-11-12-24(27-15-21)30-13-6-10-22(18-30)25-28-16-23(29-25)20-8-3-2-4-9-20/h2-4,8-9,11-12,15-16,19,22H,5-7,10,13-14,17-18H2,1H3,(H,28,29). The summed E-state index contributed by atoms with van der Waals surface area (Å²) in [7, 11) is 0. The second kappa shape index (κ2) is 9.15. The van der Waals surface area contributed by atoms with Crippen molar-refractivity contribution in [2.45, 2.75) is 38.5 Å². The van der Waals surface area contributed by atoms with Gasteiger partial charge in [0.05, 0.1) is 17.5 Å². The Kier molecular flexibility index (Phi) is 5.93. The van der Waals surface area contributed by atoms with Gasteiger partial charge in [0.2, 0.25) is 0 Å². The number of piperidine rings is 2. The summed E-state index contributed by atoms with van der Waals surface area (Å²) in [4.78, 5) is 30.0. The number of pyridine rings is 1. The molecule has 3 aromatic rings. The van der Waals surface area contributed by atoms with Gasteiger partial charge in [-0.25, -0.2) is 9.97 Å². The first kappa shape index (κ1) is 20.7. The molecule has 0 radical (unpaired) electrons. The molecule has 1 aromatic carbocycles. The summed E-state index contributed by atoms with van der Waals surface area (Å²) >= 11 is 0. The van der Waals surface area contributed by atoms with E-state index in [1.165, 1.54) is 6.42 Å². The van der Waals surface area contributed by atoms with Crippen LogP contribution in [0.15, 0.2) is 54.9 Å². The summed E-state index contributed by atoms with van der Waals surface area (Å²) in [6.07, 6.45) is 8.19. The summed E-state index contributed by atoms with van der Waals surface area (Å²) in [5, 5.41) is 0. The normalized spacial score (nSPS) is 21.5. The zero-order valence-corrected chi connectivity index (χ0v) is 18.7. The molecule has 1 amide bonds. The van der Waals surface area contributed by atoms with Crippen LogP contribution in [-0.4, -0.2) is 51.9 Å². The fraction of sp³-hybridized carbons (Fsp3) is 0.423. The molecule has 6 nitrogen and oxygen atoms in total. The fourth-order valence-electron chi connectivity index (χ4n) is 4.97. The molecule has 6 heteroatoms. The van der Waals surface area contributed by atoms with Crippen LogP contribution < -0.4 is 4.90 Å². The SMILES string of the molecule is CC1CCCN(C(=O)c2ccc(N3CCCC(c4ncc(-c5ccccc5)[nH]4)C3)nc2)C1. The Bertz CT molecular complexity index is 1050.